The van der Waals surface area contributed by atoms with Gasteiger partial charge in [0.15, 0.2) is 0 Å². The number of anilines is 1. The fourth-order valence-electron chi connectivity index (χ4n) is 2.20. The van der Waals surface area contributed by atoms with Gasteiger partial charge in [-0.2, -0.15) is 10.5 Å². The molecule has 0 aliphatic carbocycles. The van der Waals surface area contributed by atoms with E-state index in [9.17, 15) is 0 Å². The Hall–Kier alpha value is -2.98. The van der Waals surface area contributed by atoms with Gasteiger partial charge in [-0.25, -0.2) is 0 Å². The fraction of sp³-hybridized carbons (Fsp3) is 0.222. The molecule has 0 saturated carbocycles. The summed E-state index contributed by atoms with van der Waals surface area (Å²) in [6, 6.07) is 12.0. The molecule has 4 heteroatoms. The number of allylic oxidation sites excluding steroid dienone is 3. The van der Waals surface area contributed by atoms with E-state index in [1.165, 1.54) is 6.26 Å². The third-order valence-corrected chi connectivity index (χ3v) is 3.37. The molecule has 1 aromatic carbocycles. The number of rotatable bonds is 4. The van der Waals surface area contributed by atoms with Crippen LogP contribution >= 0.6 is 0 Å². The van der Waals surface area contributed by atoms with Crippen molar-refractivity contribution in [2.24, 2.45) is 11.8 Å². The second-order valence-corrected chi connectivity index (χ2v) is 5.12. The van der Waals surface area contributed by atoms with Crippen LogP contribution < -0.4 is 4.90 Å². The van der Waals surface area contributed by atoms with Crippen LogP contribution in [0.1, 0.15) is 5.56 Å². The van der Waals surface area contributed by atoms with Gasteiger partial charge in [-0.3, -0.25) is 0 Å². The Kier molecular flexibility index (Phi) is 5.01. The van der Waals surface area contributed by atoms with Crippen molar-refractivity contribution in [3.8, 4) is 12.1 Å². The summed E-state index contributed by atoms with van der Waals surface area (Å²) in [6.45, 7) is 0. The Morgan fingerprint density at radius 1 is 1.18 bits per heavy atom. The van der Waals surface area contributed by atoms with Crippen molar-refractivity contribution < 1.29 is 4.74 Å². The van der Waals surface area contributed by atoms with Crippen LogP contribution in [0, 0.1) is 34.5 Å². The molecule has 4 nitrogen and oxygen atoms in total. The van der Waals surface area contributed by atoms with E-state index in [-0.39, 0.29) is 5.92 Å². The number of benzene rings is 1. The molecule has 0 aromatic heterocycles. The topological polar surface area (TPSA) is 60.0 Å². The average molecular weight is 291 g/mol. The SMILES string of the molecule is CN(C)c1ccccc1C=CC1=CC(C(C#N)C#N)C=CO1. The Morgan fingerprint density at radius 3 is 2.59 bits per heavy atom. The van der Waals surface area contributed by atoms with E-state index in [1.807, 2.05) is 67.6 Å². The molecule has 0 radical (unpaired) electrons. The summed E-state index contributed by atoms with van der Waals surface area (Å²) >= 11 is 0. The molecule has 0 spiro atoms. The van der Waals surface area contributed by atoms with Gasteiger partial charge in [0.25, 0.3) is 0 Å². The van der Waals surface area contributed by atoms with Crippen molar-refractivity contribution in [3.05, 3.63) is 60.1 Å². The minimum Gasteiger partial charge on any atom is -0.466 e. The minimum atomic E-state index is -0.697. The van der Waals surface area contributed by atoms with Gasteiger partial charge in [-0.05, 0) is 35.9 Å². The number of para-hydroxylation sites is 1. The van der Waals surface area contributed by atoms with Crippen LogP contribution in [-0.4, -0.2) is 14.1 Å². The summed E-state index contributed by atoms with van der Waals surface area (Å²) in [6.07, 6.45) is 8.87. The van der Waals surface area contributed by atoms with Crippen LogP contribution in [0.25, 0.3) is 6.08 Å². The van der Waals surface area contributed by atoms with E-state index in [0.29, 0.717) is 5.76 Å². The summed E-state index contributed by atoms with van der Waals surface area (Å²) in [5, 5.41) is 17.9. The number of nitriles is 2. The van der Waals surface area contributed by atoms with Crippen molar-refractivity contribution in [2.45, 2.75) is 0 Å². The molecular formula is C18H17N3O. The second kappa shape index (κ2) is 7.15. The van der Waals surface area contributed by atoms with Gasteiger partial charge in [0, 0.05) is 25.7 Å². The highest BCUT2D eigenvalue weighted by molar-refractivity contribution is 5.68. The lowest BCUT2D eigenvalue weighted by molar-refractivity contribution is 0.347. The first kappa shape index (κ1) is 15.4. The van der Waals surface area contributed by atoms with E-state index in [0.717, 1.165) is 11.3 Å². The quantitative estimate of drug-likeness (QED) is 0.852. The van der Waals surface area contributed by atoms with Crippen LogP contribution in [0.2, 0.25) is 0 Å². The zero-order chi connectivity index (χ0) is 15.9. The predicted molar refractivity (Wildman–Crippen MR) is 86.3 cm³/mol. The predicted octanol–water partition coefficient (Wildman–Crippen LogP) is 3.47. The molecule has 2 rings (SSSR count). The molecule has 1 atom stereocenters. The summed E-state index contributed by atoms with van der Waals surface area (Å²) in [5.41, 5.74) is 2.18. The normalized spacial score (nSPS) is 16.8. The average Bonchev–Trinajstić information content (AvgIpc) is 2.55. The van der Waals surface area contributed by atoms with E-state index in [4.69, 9.17) is 15.3 Å². The number of hydrogen-bond donors (Lipinski definition) is 0. The van der Waals surface area contributed by atoms with Gasteiger partial charge >= 0.3 is 0 Å². The lowest BCUT2D eigenvalue weighted by Gasteiger charge is -2.16. The van der Waals surface area contributed by atoms with E-state index < -0.39 is 5.92 Å². The molecule has 110 valence electrons. The molecule has 22 heavy (non-hydrogen) atoms. The summed E-state index contributed by atoms with van der Waals surface area (Å²) < 4.78 is 5.43. The number of hydrogen-bond acceptors (Lipinski definition) is 4. The Morgan fingerprint density at radius 2 is 1.91 bits per heavy atom. The van der Waals surface area contributed by atoms with E-state index >= 15 is 0 Å². The van der Waals surface area contributed by atoms with E-state index in [1.54, 1.807) is 12.2 Å². The lowest BCUT2D eigenvalue weighted by atomic mass is 9.93. The maximum absolute atomic E-state index is 8.97. The molecule has 1 aliphatic rings. The van der Waals surface area contributed by atoms with Crippen molar-refractivity contribution in [2.75, 3.05) is 19.0 Å². The number of nitrogens with zero attached hydrogens (tertiary/aromatic N) is 3. The van der Waals surface area contributed by atoms with Crippen molar-refractivity contribution >= 4 is 11.8 Å². The van der Waals surface area contributed by atoms with Gasteiger partial charge in [0.05, 0.1) is 18.4 Å². The first-order valence-electron chi connectivity index (χ1n) is 6.94. The van der Waals surface area contributed by atoms with Crippen LogP contribution in [-0.2, 0) is 4.74 Å². The maximum atomic E-state index is 8.97. The molecule has 0 saturated heterocycles. The molecule has 1 aliphatic heterocycles. The molecule has 1 heterocycles. The third-order valence-electron chi connectivity index (χ3n) is 3.37. The highest BCUT2D eigenvalue weighted by Gasteiger charge is 2.19. The Labute approximate surface area is 130 Å². The van der Waals surface area contributed by atoms with Crippen LogP contribution in [0.3, 0.4) is 0 Å². The second-order valence-electron chi connectivity index (χ2n) is 5.12. The monoisotopic (exact) mass is 291 g/mol. The molecule has 1 aromatic rings. The summed E-state index contributed by atoms with van der Waals surface area (Å²) in [4.78, 5) is 2.04. The summed E-state index contributed by atoms with van der Waals surface area (Å²) in [5.74, 6) is -0.304. The van der Waals surface area contributed by atoms with Gasteiger partial charge < -0.3 is 9.64 Å². The van der Waals surface area contributed by atoms with Crippen molar-refractivity contribution in [1.82, 2.24) is 0 Å². The largest absolute Gasteiger partial charge is 0.466 e. The number of ether oxygens (including phenoxy) is 1. The van der Waals surface area contributed by atoms with Gasteiger partial charge in [-0.1, -0.05) is 18.2 Å². The Balaban J connectivity index is 2.21. The lowest BCUT2D eigenvalue weighted by Crippen LogP contribution is -2.10. The zero-order valence-corrected chi connectivity index (χ0v) is 12.6. The molecule has 0 N–H and O–H groups in total. The molecule has 0 fully saturated rings. The Bertz CT molecular complexity index is 688. The third kappa shape index (κ3) is 3.56. The molecule has 1 unspecified atom stereocenters. The molecule has 0 bridgehead atoms. The zero-order valence-electron chi connectivity index (χ0n) is 12.6. The van der Waals surface area contributed by atoms with Gasteiger partial charge in [0.2, 0.25) is 0 Å². The molecular weight excluding hydrogens is 274 g/mol. The highest BCUT2D eigenvalue weighted by atomic mass is 16.5. The highest BCUT2D eigenvalue weighted by Crippen LogP contribution is 2.24. The van der Waals surface area contributed by atoms with E-state index in [2.05, 4.69) is 0 Å². The standard InChI is InChI=1S/C18H17N3O/c1-21(2)18-6-4-3-5-14(18)7-8-17-11-15(9-10-22-17)16(12-19)13-20/h3-11,15-16H,1-2H3. The first-order chi connectivity index (χ1) is 10.7. The smallest absolute Gasteiger partial charge is 0.143 e. The fourth-order valence-corrected chi connectivity index (χ4v) is 2.20. The van der Waals surface area contributed by atoms with Crippen LogP contribution in [0.15, 0.2) is 54.5 Å². The van der Waals surface area contributed by atoms with Gasteiger partial charge in [0.1, 0.15) is 11.7 Å². The van der Waals surface area contributed by atoms with Gasteiger partial charge in [-0.15, -0.1) is 0 Å². The minimum absolute atomic E-state index is 0.243. The maximum Gasteiger partial charge on any atom is 0.143 e. The summed E-state index contributed by atoms with van der Waals surface area (Å²) in [7, 11) is 3.98. The van der Waals surface area contributed by atoms with Crippen LogP contribution in [0.5, 0.6) is 0 Å². The van der Waals surface area contributed by atoms with Crippen LogP contribution in [0.4, 0.5) is 5.69 Å². The van der Waals surface area contributed by atoms with Crippen molar-refractivity contribution in [1.29, 1.82) is 10.5 Å². The first-order valence-corrected chi connectivity index (χ1v) is 6.94. The van der Waals surface area contributed by atoms with Crippen molar-refractivity contribution in [3.63, 3.8) is 0 Å². The molecule has 0 amide bonds.